The van der Waals surface area contributed by atoms with Crippen LogP contribution in [0.15, 0.2) is 42.0 Å². The molecule has 0 fully saturated rings. The highest BCUT2D eigenvalue weighted by molar-refractivity contribution is 6.31. The number of ether oxygens (including phenoxy) is 1. The van der Waals surface area contributed by atoms with E-state index < -0.39 is 24.2 Å². The summed E-state index contributed by atoms with van der Waals surface area (Å²) in [6.07, 6.45) is 0.649. The van der Waals surface area contributed by atoms with Gasteiger partial charge in [-0.2, -0.15) is 13.2 Å². The van der Waals surface area contributed by atoms with E-state index in [9.17, 15) is 18.0 Å². The number of carbonyl (C=O) groups excluding carboxylic acids is 1. The van der Waals surface area contributed by atoms with Crippen molar-refractivity contribution in [1.82, 2.24) is 9.88 Å². The first kappa shape index (κ1) is 20.8. The fourth-order valence-electron chi connectivity index (χ4n) is 4.16. The number of aromatic nitrogens is 1. The predicted octanol–water partition coefficient (Wildman–Crippen LogP) is 6.33. The van der Waals surface area contributed by atoms with Gasteiger partial charge >= 0.3 is 12.3 Å². The molecular formula is C22H22ClF3N2O2. The zero-order valence-corrected chi connectivity index (χ0v) is 17.2. The van der Waals surface area contributed by atoms with Crippen LogP contribution in [0.2, 0.25) is 5.02 Å². The predicted molar refractivity (Wildman–Crippen MR) is 109 cm³/mol. The minimum Gasteiger partial charge on any atom is -0.449 e. The number of carbonyl (C=O) groups is 1. The molecule has 1 aliphatic carbocycles. The number of halogens is 4. The highest BCUT2D eigenvalue weighted by Gasteiger charge is 2.40. The first-order chi connectivity index (χ1) is 14.3. The molecule has 1 amide bonds. The van der Waals surface area contributed by atoms with Gasteiger partial charge in [0.1, 0.15) is 6.04 Å². The van der Waals surface area contributed by atoms with E-state index in [-0.39, 0.29) is 6.42 Å². The Labute approximate surface area is 177 Å². The number of rotatable bonds is 3. The van der Waals surface area contributed by atoms with E-state index in [2.05, 4.69) is 4.98 Å². The van der Waals surface area contributed by atoms with E-state index in [0.717, 1.165) is 22.2 Å². The Hall–Kier alpha value is -2.41. The van der Waals surface area contributed by atoms with Crippen molar-refractivity contribution < 1.29 is 22.7 Å². The lowest BCUT2D eigenvalue weighted by atomic mass is 9.87. The maximum absolute atomic E-state index is 13.1. The molecule has 1 aromatic heterocycles. The molecule has 0 bridgehead atoms. The van der Waals surface area contributed by atoms with Crippen LogP contribution in [0.4, 0.5) is 18.0 Å². The molecule has 2 heterocycles. The molecule has 4 rings (SSSR count). The lowest BCUT2D eigenvalue weighted by molar-refractivity contribution is -0.160. The number of aromatic amines is 1. The number of benzene rings is 1. The van der Waals surface area contributed by atoms with Crippen LogP contribution in [0.3, 0.4) is 0 Å². The molecule has 1 aliphatic heterocycles. The van der Waals surface area contributed by atoms with Crippen LogP contribution in [0.1, 0.15) is 37.1 Å². The summed E-state index contributed by atoms with van der Waals surface area (Å²) >= 11 is 6.17. The van der Waals surface area contributed by atoms with Crippen molar-refractivity contribution in [3.8, 4) is 0 Å². The average molecular weight is 439 g/mol. The van der Waals surface area contributed by atoms with E-state index in [1.54, 1.807) is 17.0 Å². The summed E-state index contributed by atoms with van der Waals surface area (Å²) in [7, 11) is 0. The zero-order chi connectivity index (χ0) is 21.5. The van der Waals surface area contributed by atoms with Crippen LogP contribution in [-0.2, 0) is 11.2 Å². The second-order valence-corrected chi connectivity index (χ2v) is 8.05. The van der Waals surface area contributed by atoms with Gasteiger partial charge in [-0.05, 0) is 48.6 Å². The Morgan fingerprint density at radius 2 is 2.17 bits per heavy atom. The largest absolute Gasteiger partial charge is 0.449 e. The van der Waals surface area contributed by atoms with Gasteiger partial charge in [-0.15, -0.1) is 0 Å². The molecule has 1 N–H and O–H groups in total. The van der Waals surface area contributed by atoms with Gasteiger partial charge in [0, 0.05) is 28.2 Å². The molecule has 4 nitrogen and oxygen atoms in total. The molecule has 2 atom stereocenters. The summed E-state index contributed by atoms with van der Waals surface area (Å²) in [5, 5.41) is 1.58. The Bertz CT molecular complexity index is 1030. The van der Waals surface area contributed by atoms with Crippen molar-refractivity contribution in [2.45, 2.75) is 38.4 Å². The van der Waals surface area contributed by atoms with Crippen LogP contribution >= 0.6 is 11.6 Å². The van der Waals surface area contributed by atoms with Crippen molar-refractivity contribution >= 4 is 28.6 Å². The molecule has 0 saturated heterocycles. The van der Waals surface area contributed by atoms with Gasteiger partial charge < -0.3 is 9.72 Å². The topological polar surface area (TPSA) is 45.3 Å². The quantitative estimate of drug-likeness (QED) is 0.608. The molecule has 0 spiro atoms. The minimum atomic E-state index is -4.28. The molecule has 2 unspecified atom stereocenters. The summed E-state index contributed by atoms with van der Waals surface area (Å²) in [5.74, 6) is -1.51. The number of H-pyrrole nitrogens is 1. The number of nitrogens with zero attached hydrogens (tertiary/aromatic N) is 1. The smallest absolute Gasteiger partial charge is 0.410 e. The lowest BCUT2D eigenvalue weighted by Crippen LogP contribution is -2.41. The first-order valence-electron chi connectivity index (χ1n) is 9.98. The van der Waals surface area contributed by atoms with E-state index in [0.29, 0.717) is 36.6 Å². The van der Waals surface area contributed by atoms with E-state index >= 15 is 0 Å². The zero-order valence-electron chi connectivity index (χ0n) is 16.4. The number of fused-ring (bicyclic) bond motifs is 3. The standard InChI is InChI=1S/C22H22ClF3N2O2/c1-2-11-30-21(29)28-10-9-16-17-12-15(23)7-8-18(17)27-19(16)20(28)13-3-5-14(6-4-13)22(24,25)26/h3-5,7-8,12,14,20,27H,2,6,9-11H2,1H3. The minimum absolute atomic E-state index is 0.148. The first-order valence-corrected chi connectivity index (χ1v) is 10.4. The molecule has 0 saturated carbocycles. The number of hydrogen-bond donors (Lipinski definition) is 1. The third-order valence-corrected chi connectivity index (χ3v) is 5.85. The molecule has 30 heavy (non-hydrogen) atoms. The molecule has 160 valence electrons. The van der Waals surface area contributed by atoms with Gasteiger partial charge in [0.25, 0.3) is 0 Å². The molecule has 2 aliphatic rings. The van der Waals surface area contributed by atoms with E-state index in [1.807, 2.05) is 19.1 Å². The fourth-order valence-corrected chi connectivity index (χ4v) is 4.33. The lowest BCUT2D eigenvalue weighted by Gasteiger charge is -2.37. The van der Waals surface area contributed by atoms with Gasteiger partial charge in [0.2, 0.25) is 0 Å². The maximum Gasteiger partial charge on any atom is 0.410 e. The molecular weight excluding hydrogens is 417 g/mol. The third-order valence-electron chi connectivity index (χ3n) is 5.62. The third kappa shape index (κ3) is 3.83. The Balaban J connectivity index is 1.75. The highest BCUT2D eigenvalue weighted by Crippen LogP contribution is 2.42. The Kier molecular flexibility index (Phi) is 5.57. The molecule has 2 aromatic rings. The van der Waals surface area contributed by atoms with Gasteiger partial charge in [0.05, 0.1) is 12.5 Å². The van der Waals surface area contributed by atoms with Crippen molar-refractivity contribution in [1.29, 1.82) is 0 Å². The average Bonchev–Trinajstić information content (AvgIpc) is 3.08. The molecule has 8 heteroatoms. The molecule has 1 aromatic carbocycles. The van der Waals surface area contributed by atoms with Crippen LogP contribution in [0, 0.1) is 5.92 Å². The van der Waals surface area contributed by atoms with Crippen molar-refractivity contribution in [3.05, 3.63) is 58.3 Å². The SMILES string of the molecule is CCCOC(=O)N1CCc2c([nH]c3ccc(Cl)cc23)C1C1=CCC(C(F)(F)F)C=C1. The number of nitrogens with one attached hydrogen (secondary N) is 1. The van der Waals surface area contributed by atoms with Gasteiger partial charge in [-0.25, -0.2) is 4.79 Å². The van der Waals surface area contributed by atoms with Crippen LogP contribution in [0.5, 0.6) is 0 Å². The summed E-state index contributed by atoms with van der Waals surface area (Å²) < 4.78 is 44.6. The fraction of sp³-hybridized carbons (Fsp3) is 0.409. The number of amides is 1. The van der Waals surface area contributed by atoms with Gasteiger partial charge in [-0.3, -0.25) is 4.90 Å². The number of allylic oxidation sites excluding steroid dienone is 2. The van der Waals surface area contributed by atoms with Crippen LogP contribution in [-0.4, -0.2) is 35.3 Å². The van der Waals surface area contributed by atoms with Crippen molar-refractivity contribution in [2.75, 3.05) is 13.2 Å². The maximum atomic E-state index is 13.1. The summed E-state index contributed by atoms with van der Waals surface area (Å²) in [6, 6.07) is 4.99. The van der Waals surface area contributed by atoms with Crippen molar-refractivity contribution in [3.63, 3.8) is 0 Å². The van der Waals surface area contributed by atoms with Crippen LogP contribution < -0.4 is 0 Å². The Morgan fingerprint density at radius 3 is 2.83 bits per heavy atom. The molecule has 0 radical (unpaired) electrons. The Morgan fingerprint density at radius 1 is 1.37 bits per heavy atom. The highest BCUT2D eigenvalue weighted by atomic mass is 35.5. The summed E-state index contributed by atoms with van der Waals surface area (Å²) in [6.45, 7) is 2.61. The second kappa shape index (κ2) is 8.02. The second-order valence-electron chi connectivity index (χ2n) is 7.61. The monoisotopic (exact) mass is 438 g/mol. The van der Waals surface area contributed by atoms with E-state index in [1.165, 1.54) is 12.2 Å². The summed E-state index contributed by atoms with van der Waals surface area (Å²) in [5.41, 5.74) is 3.37. The number of alkyl halides is 3. The van der Waals surface area contributed by atoms with Gasteiger partial charge in [0.15, 0.2) is 0 Å². The normalized spacial score (nSPS) is 21.5. The van der Waals surface area contributed by atoms with E-state index in [4.69, 9.17) is 16.3 Å². The van der Waals surface area contributed by atoms with Gasteiger partial charge in [-0.1, -0.05) is 36.8 Å². The van der Waals surface area contributed by atoms with Crippen molar-refractivity contribution in [2.24, 2.45) is 5.92 Å². The summed E-state index contributed by atoms with van der Waals surface area (Å²) in [4.78, 5) is 17.7. The van der Waals surface area contributed by atoms with Crippen LogP contribution in [0.25, 0.3) is 10.9 Å². The number of hydrogen-bond acceptors (Lipinski definition) is 2.